The number of amides is 1. The SMILES string of the molecule is COc1cccc(S(=O)(=O)[C@H](C)C(=O)N2CCOCC2)c1. The van der Waals surface area contributed by atoms with E-state index in [1.54, 1.807) is 12.1 Å². The predicted molar refractivity (Wildman–Crippen MR) is 77.0 cm³/mol. The molecule has 0 radical (unpaired) electrons. The molecule has 0 aliphatic carbocycles. The normalized spacial score (nSPS) is 17.3. The number of carbonyl (C=O) groups excluding carboxylic acids is 1. The van der Waals surface area contributed by atoms with Gasteiger partial charge >= 0.3 is 0 Å². The molecular weight excluding hydrogens is 294 g/mol. The van der Waals surface area contributed by atoms with Crippen LogP contribution in [0.2, 0.25) is 0 Å². The molecule has 7 heteroatoms. The van der Waals surface area contributed by atoms with E-state index in [4.69, 9.17) is 9.47 Å². The summed E-state index contributed by atoms with van der Waals surface area (Å²) in [5.41, 5.74) is 0. The monoisotopic (exact) mass is 313 g/mol. The van der Waals surface area contributed by atoms with Crippen LogP contribution in [0.4, 0.5) is 0 Å². The van der Waals surface area contributed by atoms with Crippen molar-refractivity contribution in [3.8, 4) is 5.75 Å². The van der Waals surface area contributed by atoms with Gasteiger partial charge in [0.2, 0.25) is 5.91 Å². The zero-order valence-electron chi connectivity index (χ0n) is 12.1. The molecule has 1 aliphatic rings. The molecule has 1 fully saturated rings. The van der Waals surface area contributed by atoms with E-state index < -0.39 is 15.1 Å². The van der Waals surface area contributed by atoms with E-state index in [9.17, 15) is 13.2 Å². The van der Waals surface area contributed by atoms with E-state index in [2.05, 4.69) is 0 Å². The number of methoxy groups -OCH3 is 1. The fraction of sp³-hybridized carbons (Fsp3) is 0.500. The van der Waals surface area contributed by atoms with Gasteiger partial charge in [-0.1, -0.05) is 6.07 Å². The fourth-order valence-electron chi connectivity index (χ4n) is 2.16. The summed E-state index contributed by atoms with van der Waals surface area (Å²) < 4.78 is 35.3. The number of sulfone groups is 1. The number of hydrogen-bond donors (Lipinski definition) is 0. The molecule has 0 bridgehead atoms. The molecule has 1 saturated heterocycles. The first kappa shape index (κ1) is 15.8. The minimum Gasteiger partial charge on any atom is -0.497 e. The molecule has 2 rings (SSSR count). The third kappa shape index (κ3) is 3.36. The molecule has 0 unspecified atom stereocenters. The molecule has 0 spiro atoms. The summed E-state index contributed by atoms with van der Waals surface area (Å²) in [5.74, 6) is 0.0585. The first-order valence-electron chi connectivity index (χ1n) is 6.71. The molecule has 1 amide bonds. The second kappa shape index (κ2) is 6.44. The lowest BCUT2D eigenvalue weighted by atomic mass is 10.3. The number of rotatable bonds is 4. The quantitative estimate of drug-likeness (QED) is 0.819. The summed E-state index contributed by atoms with van der Waals surface area (Å²) in [4.78, 5) is 14.0. The molecule has 1 heterocycles. The van der Waals surface area contributed by atoms with Gasteiger partial charge in [0, 0.05) is 13.1 Å². The summed E-state index contributed by atoms with van der Waals surface area (Å²) in [6.45, 7) is 3.16. The molecule has 0 aromatic heterocycles. The van der Waals surface area contributed by atoms with Crippen LogP contribution in [-0.2, 0) is 19.4 Å². The average Bonchev–Trinajstić information content (AvgIpc) is 2.54. The van der Waals surface area contributed by atoms with Gasteiger partial charge in [-0.3, -0.25) is 4.79 Å². The Hall–Kier alpha value is -1.60. The van der Waals surface area contributed by atoms with Gasteiger partial charge in [-0.15, -0.1) is 0 Å². The number of nitrogens with zero attached hydrogens (tertiary/aromatic N) is 1. The molecule has 1 aromatic carbocycles. The van der Waals surface area contributed by atoms with Gasteiger partial charge in [-0.2, -0.15) is 0 Å². The van der Waals surface area contributed by atoms with Crippen molar-refractivity contribution < 1.29 is 22.7 Å². The second-order valence-electron chi connectivity index (χ2n) is 4.80. The molecule has 6 nitrogen and oxygen atoms in total. The lowest BCUT2D eigenvalue weighted by Gasteiger charge is -2.29. The van der Waals surface area contributed by atoms with Crippen molar-refractivity contribution in [2.45, 2.75) is 17.1 Å². The van der Waals surface area contributed by atoms with E-state index in [1.165, 1.54) is 31.1 Å². The van der Waals surface area contributed by atoms with Crippen molar-refractivity contribution in [1.29, 1.82) is 0 Å². The molecule has 1 aromatic rings. The minimum absolute atomic E-state index is 0.0935. The number of benzene rings is 1. The van der Waals surface area contributed by atoms with Crippen LogP contribution in [0.5, 0.6) is 5.75 Å². The number of morpholine rings is 1. The molecule has 21 heavy (non-hydrogen) atoms. The smallest absolute Gasteiger partial charge is 0.241 e. The van der Waals surface area contributed by atoms with E-state index in [-0.39, 0.29) is 10.8 Å². The van der Waals surface area contributed by atoms with Crippen LogP contribution in [0, 0.1) is 0 Å². The van der Waals surface area contributed by atoms with Crippen molar-refractivity contribution in [3.05, 3.63) is 24.3 Å². The Bertz CT molecular complexity index is 608. The van der Waals surface area contributed by atoms with Crippen LogP contribution in [0.3, 0.4) is 0 Å². The van der Waals surface area contributed by atoms with Crippen molar-refractivity contribution in [2.24, 2.45) is 0 Å². The first-order valence-corrected chi connectivity index (χ1v) is 8.26. The Labute approximate surface area is 124 Å². The summed E-state index contributed by atoms with van der Waals surface area (Å²) in [5, 5.41) is -1.12. The van der Waals surface area contributed by atoms with Crippen LogP contribution < -0.4 is 4.74 Å². The Morgan fingerprint density at radius 2 is 2.00 bits per heavy atom. The maximum atomic E-state index is 12.6. The van der Waals surface area contributed by atoms with Gasteiger partial charge in [0.15, 0.2) is 9.84 Å². The van der Waals surface area contributed by atoms with Crippen molar-refractivity contribution >= 4 is 15.7 Å². The standard InChI is InChI=1S/C14H19NO5S/c1-11(14(16)15-6-8-20-9-7-15)21(17,18)13-5-3-4-12(10-13)19-2/h3-5,10-11H,6-9H2,1-2H3/t11-/m1/s1. The van der Waals surface area contributed by atoms with Gasteiger partial charge in [0.1, 0.15) is 11.0 Å². The Morgan fingerprint density at radius 3 is 2.62 bits per heavy atom. The number of carbonyl (C=O) groups is 1. The molecule has 1 atom stereocenters. The number of hydrogen-bond acceptors (Lipinski definition) is 5. The summed E-state index contributed by atoms with van der Waals surface area (Å²) in [6, 6.07) is 6.16. The van der Waals surface area contributed by atoms with E-state index in [0.29, 0.717) is 32.1 Å². The lowest BCUT2D eigenvalue weighted by Crippen LogP contribution is -2.47. The Morgan fingerprint density at radius 1 is 1.33 bits per heavy atom. The van der Waals surface area contributed by atoms with Crippen molar-refractivity contribution in [2.75, 3.05) is 33.4 Å². The second-order valence-corrected chi connectivity index (χ2v) is 7.07. The highest BCUT2D eigenvalue weighted by atomic mass is 32.2. The van der Waals surface area contributed by atoms with Gasteiger partial charge < -0.3 is 14.4 Å². The van der Waals surface area contributed by atoms with E-state index in [1.807, 2.05) is 0 Å². The summed E-state index contributed by atoms with van der Waals surface area (Å²) in [7, 11) is -2.27. The lowest BCUT2D eigenvalue weighted by molar-refractivity contribution is -0.134. The highest BCUT2D eigenvalue weighted by Crippen LogP contribution is 2.22. The summed E-state index contributed by atoms with van der Waals surface area (Å²) >= 11 is 0. The van der Waals surface area contributed by atoms with Crippen LogP contribution in [0.25, 0.3) is 0 Å². The largest absolute Gasteiger partial charge is 0.497 e. The highest BCUT2D eigenvalue weighted by molar-refractivity contribution is 7.92. The van der Waals surface area contributed by atoms with Crippen LogP contribution in [0.15, 0.2) is 29.2 Å². The number of ether oxygens (including phenoxy) is 2. The maximum Gasteiger partial charge on any atom is 0.241 e. The first-order chi connectivity index (χ1) is 9.96. The van der Waals surface area contributed by atoms with Crippen LogP contribution in [-0.4, -0.2) is 57.9 Å². The maximum absolute atomic E-state index is 12.6. The van der Waals surface area contributed by atoms with Crippen molar-refractivity contribution in [1.82, 2.24) is 4.90 Å². The fourth-order valence-corrected chi connectivity index (χ4v) is 3.53. The molecule has 0 N–H and O–H groups in total. The molecule has 1 aliphatic heterocycles. The zero-order chi connectivity index (χ0) is 15.5. The van der Waals surface area contributed by atoms with Crippen LogP contribution in [0.1, 0.15) is 6.92 Å². The van der Waals surface area contributed by atoms with Gasteiger partial charge in [-0.05, 0) is 25.1 Å². The highest BCUT2D eigenvalue weighted by Gasteiger charge is 2.33. The minimum atomic E-state index is -3.73. The van der Waals surface area contributed by atoms with Gasteiger partial charge in [0.05, 0.1) is 25.2 Å². The third-order valence-electron chi connectivity index (χ3n) is 3.51. The predicted octanol–water partition coefficient (Wildman–Crippen LogP) is 0.716. The Balaban J connectivity index is 2.23. The molecular formula is C14H19NO5S. The molecule has 0 saturated carbocycles. The van der Waals surface area contributed by atoms with Gasteiger partial charge in [0.25, 0.3) is 0 Å². The van der Waals surface area contributed by atoms with E-state index >= 15 is 0 Å². The summed E-state index contributed by atoms with van der Waals surface area (Å²) in [6.07, 6.45) is 0. The zero-order valence-corrected chi connectivity index (χ0v) is 12.9. The Kier molecular flexibility index (Phi) is 4.84. The average molecular weight is 313 g/mol. The van der Waals surface area contributed by atoms with Crippen LogP contribution >= 0.6 is 0 Å². The third-order valence-corrected chi connectivity index (χ3v) is 5.55. The van der Waals surface area contributed by atoms with E-state index in [0.717, 1.165) is 0 Å². The van der Waals surface area contributed by atoms with Gasteiger partial charge in [-0.25, -0.2) is 8.42 Å². The van der Waals surface area contributed by atoms with Crippen molar-refractivity contribution in [3.63, 3.8) is 0 Å². The molecule has 116 valence electrons. The topological polar surface area (TPSA) is 72.9 Å².